The molecule has 9 nitrogen and oxygen atoms in total. The van der Waals surface area contributed by atoms with Crippen molar-refractivity contribution in [2.24, 2.45) is 0 Å². The Balaban J connectivity index is 1.66. The lowest BCUT2D eigenvalue weighted by molar-refractivity contribution is -0.125. The average Bonchev–Trinajstić information content (AvgIpc) is 2.69. The van der Waals surface area contributed by atoms with Crippen molar-refractivity contribution in [3.63, 3.8) is 0 Å². The fourth-order valence-corrected chi connectivity index (χ4v) is 3.26. The molecule has 1 aliphatic rings. The van der Waals surface area contributed by atoms with Crippen molar-refractivity contribution in [3.05, 3.63) is 54.1 Å². The van der Waals surface area contributed by atoms with E-state index in [9.17, 15) is 18.0 Å². The number of hydrogen-bond acceptors (Lipinski definition) is 6. The number of ether oxygens (including phenoxy) is 1. The third-order valence-corrected chi connectivity index (χ3v) is 4.99. The van der Waals surface area contributed by atoms with Crippen molar-refractivity contribution in [2.75, 3.05) is 18.1 Å². The van der Waals surface area contributed by atoms with E-state index in [0.29, 0.717) is 17.0 Å². The highest BCUT2D eigenvalue weighted by Crippen LogP contribution is 2.31. The smallest absolute Gasteiger partial charge is 0.265 e. The second-order valence-corrected chi connectivity index (χ2v) is 7.21. The third kappa shape index (κ3) is 4.05. The first kappa shape index (κ1) is 18.4. The number of benzene rings is 2. The molecule has 0 radical (unpaired) electrons. The highest BCUT2D eigenvalue weighted by Gasteiger charge is 2.27. The van der Waals surface area contributed by atoms with Crippen LogP contribution in [-0.2, 0) is 19.6 Å². The molecule has 0 saturated heterocycles. The van der Waals surface area contributed by atoms with Crippen LogP contribution in [0.4, 0.5) is 5.69 Å². The first-order valence-corrected chi connectivity index (χ1v) is 9.22. The van der Waals surface area contributed by atoms with Gasteiger partial charge < -0.3 is 4.74 Å². The van der Waals surface area contributed by atoms with Gasteiger partial charge in [-0.25, -0.2) is 8.42 Å². The van der Waals surface area contributed by atoms with E-state index in [1.165, 1.54) is 29.2 Å². The molecule has 2 amide bonds. The van der Waals surface area contributed by atoms with Crippen molar-refractivity contribution in [3.8, 4) is 11.8 Å². The van der Waals surface area contributed by atoms with Crippen LogP contribution in [0.25, 0.3) is 0 Å². The van der Waals surface area contributed by atoms with E-state index in [1.807, 2.05) is 10.9 Å². The van der Waals surface area contributed by atoms with Gasteiger partial charge in [-0.1, -0.05) is 12.1 Å². The van der Waals surface area contributed by atoms with E-state index in [0.717, 1.165) is 0 Å². The molecule has 1 aliphatic heterocycles. The molecule has 3 rings (SSSR count). The van der Waals surface area contributed by atoms with E-state index < -0.39 is 21.8 Å². The van der Waals surface area contributed by atoms with Crippen LogP contribution < -0.4 is 19.9 Å². The SMILES string of the molecule is N#Cc1ccc(S(=O)(=O)NNC(=O)CN2C(=O)COc3ccccc32)cc1. The fourth-order valence-electron chi connectivity index (χ4n) is 2.40. The predicted octanol–water partition coefficient (Wildman–Crippen LogP) is 0.293. The van der Waals surface area contributed by atoms with Gasteiger partial charge in [0.05, 0.1) is 22.2 Å². The summed E-state index contributed by atoms with van der Waals surface area (Å²) in [5.41, 5.74) is 2.81. The first-order chi connectivity index (χ1) is 12.9. The standard InChI is InChI=1S/C17H14N4O5S/c18-9-12-5-7-13(8-6-12)27(24,25)20-19-16(22)10-21-14-3-1-2-4-15(14)26-11-17(21)23/h1-8,20H,10-11H2,(H,19,22). The van der Waals surface area contributed by atoms with Crippen LogP contribution in [0, 0.1) is 11.3 Å². The number of nitrogens with one attached hydrogen (secondary N) is 2. The van der Waals surface area contributed by atoms with E-state index in [2.05, 4.69) is 5.43 Å². The average molecular weight is 386 g/mol. The number of rotatable bonds is 5. The lowest BCUT2D eigenvalue weighted by atomic mass is 10.2. The van der Waals surface area contributed by atoms with Crippen molar-refractivity contribution >= 4 is 27.5 Å². The molecule has 0 saturated carbocycles. The number of fused-ring (bicyclic) bond motifs is 1. The summed E-state index contributed by atoms with van der Waals surface area (Å²) < 4.78 is 29.6. The zero-order valence-corrected chi connectivity index (χ0v) is 14.7. The van der Waals surface area contributed by atoms with Gasteiger partial charge in [-0.15, -0.1) is 4.83 Å². The molecule has 0 bridgehead atoms. The maximum absolute atomic E-state index is 12.2. The van der Waals surface area contributed by atoms with Gasteiger partial charge in [0, 0.05) is 0 Å². The maximum Gasteiger partial charge on any atom is 0.265 e. The molecule has 0 spiro atoms. The molecule has 10 heteroatoms. The zero-order chi connectivity index (χ0) is 19.4. The Hall–Kier alpha value is -3.42. The summed E-state index contributed by atoms with van der Waals surface area (Å²) in [5, 5.41) is 8.74. The van der Waals surface area contributed by atoms with Gasteiger partial charge in [-0.05, 0) is 36.4 Å². The summed E-state index contributed by atoms with van der Waals surface area (Å²) in [6.07, 6.45) is 0. The fraction of sp³-hybridized carbons (Fsp3) is 0.118. The second kappa shape index (κ2) is 7.45. The minimum absolute atomic E-state index is 0.116. The number of hydrazine groups is 1. The van der Waals surface area contributed by atoms with E-state index in [1.54, 1.807) is 24.3 Å². The molecule has 2 aromatic carbocycles. The van der Waals surface area contributed by atoms with Crippen molar-refractivity contribution < 1.29 is 22.7 Å². The topological polar surface area (TPSA) is 129 Å². The van der Waals surface area contributed by atoms with Gasteiger partial charge in [-0.3, -0.25) is 19.9 Å². The number of carbonyl (C=O) groups is 2. The molecule has 0 atom stereocenters. The Labute approximate surface area is 155 Å². The monoisotopic (exact) mass is 386 g/mol. The number of hydrogen-bond donors (Lipinski definition) is 2. The molecule has 0 unspecified atom stereocenters. The lowest BCUT2D eigenvalue weighted by Gasteiger charge is -2.28. The number of nitrogens with zero attached hydrogens (tertiary/aromatic N) is 2. The summed E-state index contributed by atoms with van der Waals surface area (Å²) in [5.74, 6) is -0.681. The largest absolute Gasteiger partial charge is 0.482 e. The highest BCUT2D eigenvalue weighted by atomic mass is 32.2. The van der Waals surface area contributed by atoms with Gasteiger partial charge in [0.25, 0.3) is 21.8 Å². The Kier molecular flexibility index (Phi) is 5.07. The predicted molar refractivity (Wildman–Crippen MR) is 93.9 cm³/mol. The molecular weight excluding hydrogens is 372 g/mol. The molecule has 2 aromatic rings. The normalized spacial score (nSPS) is 13.3. The van der Waals surface area contributed by atoms with Crippen LogP contribution in [0.3, 0.4) is 0 Å². The minimum atomic E-state index is -4.01. The molecule has 0 aliphatic carbocycles. The molecular formula is C17H14N4O5S. The first-order valence-electron chi connectivity index (χ1n) is 7.74. The van der Waals surface area contributed by atoms with Crippen LogP contribution >= 0.6 is 0 Å². The van der Waals surface area contributed by atoms with Gasteiger partial charge in [0.1, 0.15) is 12.3 Å². The van der Waals surface area contributed by atoms with Gasteiger partial charge in [0.2, 0.25) is 0 Å². The summed E-state index contributed by atoms with van der Waals surface area (Å²) in [4.78, 5) is 27.2. The summed E-state index contributed by atoms with van der Waals surface area (Å²) in [7, 11) is -4.01. The van der Waals surface area contributed by atoms with Crippen LogP contribution in [0.1, 0.15) is 5.56 Å². The van der Waals surface area contributed by atoms with Gasteiger partial charge in [0.15, 0.2) is 6.61 Å². The second-order valence-electron chi connectivity index (χ2n) is 5.53. The summed E-state index contributed by atoms with van der Waals surface area (Å²) >= 11 is 0. The molecule has 0 fully saturated rings. The van der Waals surface area contributed by atoms with E-state index >= 15 is 0 Å². The van der Waals surface area contributed by atoms with E-state index in [-0.39, 0.29) is 18.0 Å². The Morgan fingerprint density at radius 2 is 1.89 bits per heavy atom. The summed E-state index contributed by atoms with van der Waals surface area (Å²) in [6.45, 7) is -0.587. The van der Waals surface area contributed by atoms with Crippen molar-refractivity contribution in [2.45, 2.75) is 4.90 Å². The van der Waals surface area contributed by atoms with Gasteiger partial charge >= 0.3 is 0 Å². The minimum Gasteiger partial charge on any atom is -0.482 e. The number of para-hydroxylation sites is 2. The molecule has 2 N–H and O–H groups in total. The van der Waals surface area contributed by atoms with Gasteiger partial charge in [-0.2, -0.15) is 5.26 Å². The van der Waals surface area contributed by atoms with Crippen LogP contribution in [0.2, 0.25) is 0 Å². The molecule has 27 heavy (non-hydrogen) atoms. The number of amides is 2. The molecule has 138 valence electrons. The third-order valence-electron chi connectivity index (χ3n) is 3.73. The number of sulfonamides is 1. The molecule has 0 aromatic heterocycles. The van der Waals surface area contributed by atoms with E-state index in [4.69, 9.17) is 10.00 Å². The molecule has 1 heterocycles. The Morgan fingerprint density at radius 1 is 1.19 bits per heavy atom. The van der Waals surface area contributed by atoms with Crippen LogP contribution in [0.5, 0.6) is 5.75 Å². The summed E-state index contributed by atoms with van der Waals surface area (Å²) in [6, 6.07) is 13.8. The Morgan fingerprint density at radius 3 is 2.59 bits per heavy atom. The maximum atomic E-state index is 12.2. The van der Waals surface area contributed by atoms with Crippen molar-refractivity contribution in [1.29, 1.82) is 5.26 Å². The lowest BCUT2D eigenvalue weighted by Crippen LogP contribution is -2.49. The van der Waals surface area contributed by atoms with Crippen LogP contribution in [0.15, 0.2) is 53.4 Å². The number of nitriles is 1. The zero-order valence-electron chi connectivity index (χ0n) is 13.9. The number of anilines is 1. The quantitative estimate of drug-likeness (QED) is 0.711. The van der Waals surface area contributed by atoms with Crippen molar-refractivity contribution in [1.82, 2.24) is 10.3 Å². The Bertz CT molecular complexity index is 1030. The highest BCUT2D eigenvalue weighted by molar-refractivity contribution is 7.89. The number of carbonyl (C=O) groups excluding carboxylic acids is 2. The van der Waals surface area contributed by atoms with Crippen LogP contribution in [-0.4, -0.2) is 33.4 Å².